The summed E-state index contributed by atoms with van der Waals surface area (Å²) in [7, 11) is 4.22. The molecule has 0 bridgehead atoms. The molecule has 5 heteroatoms. The van der Waals surface area contributed by atoms with Gasteiger partial charge in [-0.3, -0.25) is 11.3 Å². The summed E-state index contributed by atoms with van der Waals surface area (Å²) in [6.07, 6.45) is 2.01. The fraction of sp³-hybridized carbons (Fsp3) is 0.667. The molecule has 2 atom stereocenters. The maximum atomic E-state index is 5.74. The fourth-order valence-corrected chi connectivity index (χ4v) is 3.49. The van der Waals surface area contributed by atoms with Gasteiger partial charge in [-0.05, 0) is 49.4 Å². The maximum Gasteiger partial charge on any atom is 0.0439 e. The second kappa shape index (κ2) is 6.29. The van der Waals surface area contributed by atoms with Crippen molar-refractivity contribution in [2.24, 2.45) is 5.84 Å². The molecule has 98 valence electrons. The van der Waals surface area contributed by atoms with Gasteiger partial charge in [0.2, 0.25) is 0 Å². The second-order valence-corrected chi connectivity index (χ2v) is 6.67. The predicted molar refractivity (Wildman–Crippen MR) is 79.2 cm³/mol. The number of nitrogens with two attached hydrogens (primary N) is 1. The second-order valence-electron chi connectivity index (χ2n) is 4.76. The van der Waals surface area contributed by atoms with Crippen LogP contribution in [0.25, 0.3) is 0 Å². The first kappa shape index (κ1) is 15.1. The Kier molecular flexibility index (Phi) is 5.60. The summed E-state index contributed by atoms with van der Waals surface area (Å²) in [5, 5.41) is 2.11. The minimum atomic E-state index is 0.0607. The standard InChI is InChI=1S/C12H22BrN3S/c1-5-12(2,16(3)4)11(15-14)7-10-6-9(13)8-17-10/h6,8,11,15H,5,7,14H2,1-4H3. The van der Waals surface area contributed by atoms with Crippen LogP contribution in [0.1, 0.15) is 25.1 Å². The van der Waals surface area contributed by atoms with Gasteiger partial charge in [0.25, 0.3) is 0 Å². The van der Waals surface area contributed by atoms with Crippen molar-refractivity contribution in [3.05, 3.63) is 20.8 Å². The molecule has 1 aromatic rings. The van der Waals surface area contributed by atoms with Gasteiger partial charge in [-0.25, -0.2) is 0 Å². The van der Waals surface area contributed by atoms with Gasteiger partial charge in [-0.1, -0.05) is 6.92 Å². The minimum absolute atomic E-state index is 0.0607. The van der Waals surface area contributed by atoms with E-state index in [4.69, 9.17) is 5.84 Å². The molecule has 0 saturated carbocycles. The number of rotatable bonds is 6. The monoisotopic (exact) mass is 319 g/mol. The number of halogens is 1. The Labute approximate surface area is 116 Å². The molecule has 0 aliphatic rings. The van der Waals surface area contributed by atoms with Crippen LogP contribution in [-0.2, 0) is 6.42 Å². The molecular weight excluding hydrogens is 298 g/mol. The summed E-state index contributed by atoms with van der Waals surface area (Å²) in [5.74, 6) is 5.74. The Morgan fingerprint density at radius 1 is 1.59 bits per heavy atom. The number of hydrazine groups is 1. The third-order valence-corrected chi connectivity index (χ3v) is 5.44. The van der Waals surface area contributed by atoms with Crippen molar-refractivity contribution in [3.8, 4) is 0 Å². The van der Waals surface area contributed by atoms with Crippen LogP contribution in [0.3, 0.4) is 0 Å². The molecule has 0 aliphatic heterocycles. The zero-order valence-electron chi connectivity index (χ0n) is 11.0. The lowest BCUT2D eigenvalue weighted by atomic mass is 9.86. The first-order chi connectivity index (χ1) is 7.93. The van der Waals surface area contributed by atoms with E-state index >= 15 is 0 Å². The smallest absolute Gasteiger partial charge is 0.0439 e. The van der Waals surface area contributed by atoms with Crippen molar-refractivity contribution in [2.45, 2.75) is 38.3 Å². The van der Waals surface area contributed by atoms with Crippen molar-refractivity contribution in [2.75, 3.05) is 14.1 Å². The van der Waals surface area contributed by atoms with Crippen LogP contribution in [0.15, 0.2) is 15.9 Å². The van der Waals surface area contributed by atoms with Crippen LogP contribution >= 0.6 is 27.3 Å². The number of hydrogen-bond donors (Lipinski definition) is 2. The SMILES string of the molecule is CCC(C)(C(Cc1cc(Br)cs1)NN)N(C)C. The van der Waals surface area contributed by atoms with Crippen molar-refractivity contribution in [1.82, 2.24) is 10.3 Å². The van der Waals surface area contributed by atoms with E-state index in [1.165, 1.54) is 4.88 Å². The van der Waals surface area contributed by atoms with Crippen LogP contribution in [-0.4, -0.2) is 30.6 Å². The van der Waals surface area contributed by atoms with E-state index in [1.807, 2.05) is 0 Å². The molecule has 0 aliphatic carbocycles. The molecule has 0 amide bonds. The molecule has 3 nitrogen and oxygen atoms in total. The largest absolute Gasteiger partial charge is 0.302 e. The molecule has 0 fully saturated rings. The number of hydrogen-bond acceptors (Lipinski definition) is 4. The molecule has 17 heavy (non-hydrogen) atoms. The Morgan fingerprint density at radius 3 is 2.59 bits per heavy atom. The van der Waals surface area contributed by atoms with E-state index in [-0.39, 0.29) is 11.6 Å². The van der Waals surface area contributed by atoms with Crippen LogP contribution in [0.4, 0.5) is 0 Å². The summed E-state index contributed by atoms with van der Waals surface area (Å²) in [4.78, 5) is 3.60. The van der Waals surface area contributed by atoms with Crippen molar-refractivity contribution in [3.63, 3.8) is 0 Å². The first-order valence-corrected chi connectivity index (χ1v) is 7.47. The molecule has 0 spiro atoms. The minimum Gasteiger partial charge on any atom is -0.302 e. The van der Waals surface area contributed by atoms with Gasteiger partial charge in [0.05, 0.1) is 0 Å². The highest BCUT2D eigenvalue weighted by Gasteiger charge is 2.34. The lowest BCUT2D eigenvalue weighted by Gasteiger charge is -2.42. The van der Waals surface area contributed by atoms with Crippen molar-refractivity contribution in [1.29, 1.82) is 0 Å². The van der Waals surface area contributed by atoms with E-state index < -0.39 is 0 Å². The summed E-state index contributed by atoms with van der Waals surface area (Å²) in [6, 6.07) is 2.41. The molecule has 0 saturated heterocycles. The van der Waals surface area contributed by atoms with E-state index in [1.54, 1.807) is 11.3 Å². The average molecular weight is 320 g/mol. The van der Waals surface area contributed by atoms with Gasteiger partial charge in [-0.15, -0.1) is 11.3 Å². The van der Waals surface area contributed by atoms with Gasteiger partial charge in [0.15, 0.2) is 0 Å². The van der Waals surface area contributed by atoms with Gasteiger partial charge in [0.1, 0.15) is 0 Å². The van der Waals surface area contributed by atoms with Gasteiger partial charge in [-0.2, -0.15) is 0 Å². The molecule has 0 aromatic carbocycles. The van der Waals surface area contributed by atoms with E-state index in [0.717, 1.165) is 17.3 Å². The molecule has 1 rings (SSSR count). The van der Waals surface area contributed by atoms with Gasteiger partial charge >= 0.3 is 0 Å². The van der Waals surface area contributed by atoms with E-state index in [0.29, 0.717) is 0 Å². The Balaban J connectivity index is 2.83. The molecule has 2 unspecified atom stereocenters. The molecule has 3 N–H and O–H groups in total. The average Bonchev–Trinajstić information content (AvgIpc) is 2.70. The van der Waals surface area contributed by atoms with Crippen molar-refractivity contribution < 1.29 is 0 Å². The molecular formula is C12H22BrN3S. The summed E-state index contributed by atoms with van der Waals surface area (Å²) < 4.78 is 1.15. The topological polar surface area (TPSA) is 41.3 Å². The van der Waals surface area contributed by atoms with Crippen LogP contribution < -0.4 is 11.3 Å². The van der Waals surface area contributed by atoms with E-state index in [2.05, 4.69) is 65.6 Å². The van der Waals surface area contributed by atoms with Gasteiger partial charge < -0.3 is 4.90 Å². The zero-order chi connectivity index (χ0) is 13.1. The summed E-state index contributed by atoms with van der Waals surface area (Å²) in [5.41, 5.74) is 3.04. The highest BCUT2D eigenvalue weighted by molar-refractivity contribution is 9.10. The summed E-state index contributed by atoms with van der Waals surface area (Å²) >= 11 is 5.26. The normalized spacial score (nSPS) is 17.1. The maximum absolute atomic E-state index is 5.74. The molecule has 1 aromatic heterocycles. The third-order valence-electron chi connectivity index (χ3n) is 3.72. The third kappa shape index (κ3) is 3.51. The highest BCUT2D eigenvalue weighted by Crippen LogP contribution is 2.27. The highest BCUT2D eigenvalue weighted by atomic mass is 79.9. The van der Waals surface area contributed by atoms with Crippen LogP contribution in [0.2, 0.25) is 0 Å². The number of likely N-dealkylation sites (N-methyl/N-ethyl adjacent to an activating group) is 1. The molecule has 1 heterocycles. The fourth-order valence-electron chi connectivity index (χ4n) is 1.99. The quantitative estimate of drug-likeness (QED) is 0.625. The molecule has 0 radical (unpaired) electrons. The van der Waals surface area contributed by atoms with Crippen molar-refractivity contribution >= 4 is 27.3 Å². The summed E-state index contributed by atoms with van der Waals surface area (Å²) in [6.45, 7) is 4.45. The number of nitrogens with zero attached hydrogens (tertiary/aromatic N) is 1. The zero-order valence-corrected chi connectivity index (χ0v) is 13.4. The lowest BCUT2D eigenvalue weighted by Crippen LogP contribution is -2.59. The lowest BCUT2D eigenvalue weighted by molar-refractivity contribution is 0.113. The Morgan fingerprint density at radius 2 is 2.24 bits per heavy atom. The number of nitrogens with one attached hydrogen (secondary N) is 1. The van der Waals surface area contributed by atoms with Gasteiger partial charge in [0, 0.05) is 32.7 Å². The first-order valence-electron chi connectivity index (χ1n) is 5.80. The van der Waals surface area contributed by atoms with E-state index in [9.17, 15) is 0 Å². The van der Waals surface area contributed by atoms with Crippen LogP contribution in [0.5, 0.6) is 0 Å². The Bertz CT molecular complexity index is 353. The van der Waals surface area contributed by atoms with Crippen LogP contribution in [0, 0.1) is 0 Å². The Hall–Kier alpha value is 0.0600. The number of thiophene rings is 1. The predicted octanol–water partition coefficient (Wildman–Crippen LogP) is 2.62.